The van der Waals surface area contributed by atoms with E-state index >= 15 is 0 Å². The van der Waals surface area contributed by atoms with E-state index in [9.17, 15) is 4.79 Å². The molecule has 0 saturated carbocycles. The number of carbonyl (C=O) groups is 1. The summed E-state index contributed by atoms with van der Waals surface area (Å²) in [6, 6.07) is 7.31. The lowest BCUT2D eigenvalue weighted by Crippen LogP contribution is -2.45. The van der Waals surface area contributed by atoms with Gasteiger partial charge in [-0.15, -0.1) is 0 Å². The molecule has 1 aromatic carbocycles. The van der Waals surface area contributed by atoms with Crippen LogP contribution >= 0.6 is 0 Å². The molecule has 0 bridgehead atoms. The number of aryl methyl sites for hydroxylation is 2. The van der Waals surface area contributed by atoms with Crippen LogP contribution in [0.15, 0.2) is 28.8 Å². The molecule has 7 nitrogen and oxygen atoms in total. The molecular formula is C16H20N4O3. The largest absolute Gasteiger partial charge is 0.377 e. The second-order valence-corrected chi connectivity index (χ2v) is 5.44. The normalized spacial score (nSPS) is 18.0. The number of amides is 2. The van der Waals surface area contributed by atoms with Gasteiger partial charge in [0, 0.05) is 19.2 Å². The maximum Gasteiger partial charge on any atom is 0.322 e. The van der Waals surface area contributed by atoms with Crippen molar-refractivity contribution in [2.45, 2.75) is 26.3 Å². The van der Waals surface area contributed by atoms with E-state index in [4.69, 9.17) is 9.26 Å². The van der Waals surface area contributed by atoms with Gasteiger partial charge >= 0.3 is 6.03 Å². The molecule has 1 aliphatic rings. The number of nitrogens with one attached hydrogen (secondary N) is 1. The van der Waals surface area contributed by atoms with Crippen molar-refractivity contribution < 1.29 is 14.1 Å². The van der Waals surface area contributed by atoms with E-state index < -0.39 is 0 Å². The lowest BCUT2D eigenvalue weighted by Gasteiger charge is -2.33. The number of benzene rings is 1. The van der Waals surface area contributed by atoms with Crippen LogP contribution in [0.3, 0.4) is 0 Å². The van der Waals surface area contributed by atoms with Gasteiger partial charge in [-0.2, -0.15) is 4.98 Å². The summed E-state index contributed by atoms with van der Waals surface area (Å²) in [5.74, 6) is 0.946. The molecule has 2 aromatic rings. The summed E-state index contributed by atoms with van der Waals surface area (Å²) in [5, 5.41) is 6.86. The van der Waals surface area contributed by atoms with E-state index in [1.807, 2.05) is 24.3 Å². The average molecular weight is 316 g/mol. The molecule has 23 heavy (non-hydrogen) atoms. The van der Waals surface area contributed by atoms with Crippen molar-refractivity contribution in [2.75, 3.05) is 25.1 Å². The molecule has 3 rings (SSSR count). The van der Waals surface area contributed by atoms with Crippen molar-refractivity contribution in [2.24, 2.45) is 0 Å². The Morgan fingerprint density at radius 2 is 2.35 bits per heavy atom. The van der Waals surface area contributed by atoms with Crippen LogP contribution in [0, 0.1) is 6.92 Å². The van der Waals surface area contributed by atoms with E-state index in [2.05, 4.69) is 22.4 Å². The van der Waals surface area contributed by atoms with Crippen molar-refractivity contribution >= 4 is 11.7 Å². The van der Waals surface area contributed by atoms with Gasteiger partial charge in [-0.1, -0.05) is 24.2 Å². The molecule has 2 amide bonds. The second kappa shape index (κ2) is 6.78. The summed E-state index contributed by atoms with van der Waals surface area (Å²) in [6.45, 7) is 5.15. The van der Waals surface area contributed by atoms with Crippen LogP contribution in [-0.2, 0) is 11.2 Å². The summed E-state index contributed by atoms with van der Waals surface area (Å²) in [6.07, 6.45) is 0.923. The molecule has 1 aliphatic heterocycles. The van der Waals surface area contributed by atoms with E-state index in [0.29, 0.717) is 31.5 Å². The fourth-order valence-corrected chi connectivity index (χ4v) is 2.58. The number of hydrogen-bond acceptors (Lipinski definition) is 5. The predicted octanol–water partition coefficient (Wildman–Crippen LogP) is 2.55. The first-order chi connectivity index (χ1) is 11.2. The summed E-state index contributed by atoms with van der Waals surface area (Å²) >= 11 is 0. The molecule has 0 aliphatic carbocycles. The number of anilines is 1. The van der Waals surface area contributed by atoms with Crippen LogP contribution in [0.25, 0.3) is 0 Å². The Morgan fingerprint density at radius 1 is 1.48 bits per heavy atom. The highest BCUT2D eigenvalue weighted by atomic mass is 16.5. The summed E-state index contributed by atoms with van der Waals surface area (Å²) in [7, 11) is 0. The number of nitrogens with zero attached hydrogens (tertiary/aromatic N) is 3. The molecule has 1 saturated heterocycles. The Bertz CT molecular complexity index is 685. The SMILES string of the molecule is CCc1cccc(NC(=O)N2CCOCC2c2noc(C)n2)c1. The van der Waals surface area contributed by atoms with Crippen LogP contribution < -0.4 is 5.32 Å². The number of rotatable bonds is 3. The fraction of sp³-hybridized carbons (Fsp3) is 0.438. The third kappa shape index (κ3) is 3.50. The van der Waals surface area contributed by atoms with Crippen LogP contribution in [0.2, 0.25) is 0 Å². The zero-order valence-electron chi connectivity index (χ0n) is 13.3. The van der Waals surface area contributed by atoms with Crippen LogP contribution in [0.5, 0.6) is 0 Å². The van der Waals surface area contributed by atoms with Gasteiger partial charge in [0.15, 0.2) is 5.82 Å². The van der Waals surface area contributed by atoms with Gasteiger partial charge in [0.05, 0.1) is 13.2 Å². The Labute approximate surface area is 134 Å². The van der Waals surface area contributed by atoms with E-state index in [1.54, 1.807) is 11.8 Å². The Kier molecular flexibility index (Phi) is 4.57. The third-order valence-electron chi connectivity index (χ3n) is 3.82. The zero-order valence-corrected chi connectivity index (χ0v) is 13.3. The van der Waals surface area contributed by atoms with E-state index in [-0.39, 0.29) is 12.1 Å². The molecule has 7 heteroatoms. The maximum atomic E-state index is 12.6. The van der Waals surface area contributed by atoms with Gasteiger partial charge in [-0.25, -0.2) is 4.79 Å². The van der Waals surface area contributed by atoms with Gasteiger partial charge in [0.2, 0.25) is 5.89 Å². The highest BCUT2D eigenvalue weighted by molar-refractivity contribution is 5.89. The third-order valence-corrected chi connectivity index (χ3v) is 3.82. The van der Waals surface area contributed by atoms with Gasteiger partial charge < -0.3 is 19.5 Å². The summed E-state index contributed by atoms with van der Waals surface area (Å²) in [4.78, 5) is 18.5. The van der Waals surface area contributed by atoms with E-state index in [1.165, 1.54) is 5.56 Å². The van der Waals surface area contributed by atoms with Crippen LogP contribution in [-0.4, -0.2) is 40.8 Å². The van der Waals surface area contributed by atoms with Gasteiger partial charge in [0.1, 0.15) is 6.04 Å². The van der Waals surface area contributed by atoms with Gasteiger partial charge in [-0.05, 0) is 24.1 Å². The Hall–Kier alpha value is -2.41. The first-order valence-corrected chi connectivity index (χ1v) is 7.72. The molecule has 1 aromatic heterocycles. The molecule has 0 radical (unpaired) electrons. The smallest absolute Gasteiger partial charge is 0.322 e. The minimum absolute atomic E-state index is 0.186. The molecule has 1 unspecified atom stereocenters. The molecule has 2 heterocycles. The monoisotopic (exact) mass is 316 g/mol. The average Bonchev–Trinajstić information content (AvgIpc) is 3.01. The molecule has 1 atom stereocenters. The van der Waals surface area contributed by atoms with Crippen molar-refractivity contribution in [1.82, 2.24) is 15.0 Å². The van der Waals surface area contributed by atoms with Crippen molar-refractivity contribution in [1.29, 1.82) is 0 Å². The summed E-state index contributed by atoms with van der Waals surface area (Å²) in [5.41, 5.74) is 1.96. The fourth-order valence-electron chi connectivity index (χ4n) is 2.58. The van der Waals surface area contributed by atoms with Crippen molar-refractivity contribution in [3.63, 3.8) is 0 Å². The van der Waals surface area contributed by atoms with Crippen LogP contribution in [0.1, 0.15) is 30.2 Å². The molecular weight excluding hydrogens is 296 g/mol. The van der Waals surface area contributed by atoms with Crippen molar-refractivity contribution in [3.8, 4) is 0 Å². The van der Waals surface area contributed by atoms with Crippen molar-refractivity contribution in [3.05, 3.63) is 41.5 Å². The Morgan fingerprint density at radius 3 is 3.09 bits per heavy atom. The quantitative estimate of drug-likeness (QED) is 0.941. The minimum atomic E-state index is -0.337. The van der Waals surface area contributed by atoms with Gasteiger partial charge in [0.25, 0.3) is 0 Å². The number of hydrogen-bond donors (Lipinski definition) is 1. The number of aromatic nitrogens is 2. The number of ether oxygens (including phenoxy) is 1. The van der Waals surface area contributed by atoms with E-state index in [0.717, 1.165) is 12.1 Å². The lowest BCUT2D eigenvalue weighted by molar-refractivity contribution is 0.0110. The predicted molar refractivity (Wildman–Crippen MR) is 84.1 cm³/mol. The second-order valence-electron chi connectivity index (χ2n) is 5.44. The lowest BCUT2D eigenvalue weighted by atomic mass is 10.1. The standard InChI is InChI=1S/C16H20N4O3/c1-3-12-5-4-6-13(9-12)18-16(21)20-7-8-22-10-14(20)15-17-11(2)23-19-15/h4-6,9,14H,3,7-8,10H2,1-2H3,(H,18,21). The minimum Gasteiger partial charge on any atom is -0.377 e. The highest BCUT2D eigenvalue weighted by Crippen LogP contribution is 2.23. The first kappa shape index (κ1) is 15.5. The number of morpholine rings is 1. The molecule has 1 fully saturated rings. The number of urea groups is 1. The van der Waals surface area contributed by atoms with Gasteiger partial charge in [-0.3, -0.25) is 0 Å². The number of carbonyl (C=O) groups excluding carboxylic acids is 1. The van der Waals surface area contributed by atoms with Crippen LogP contribution in [0.4, 0.5) is 10.5 Å². The highest BCUT2D eigenvalue weighted by Gasteiger charge is 2.32. The first-order valence-electron chi connectivity index (χ1n) is 7.72. The maximum absolute atomic E-state index is 12.6. The Balaban J connectivity index is 1.75. The molecule has 0 spiro atoms. The molecule has 122 valence electrons. The topological polar surface area (TPSA) is 80.5 Å². The summed E-state index contributed by atoms with van der Waals surface area (Å²) < 4.78 is 10.5. The zero-order chi connectivity index (χ0) is 16.2. The molecule has 1 N–H and O–H groups in total.